The molecule has 1 aromatic carbocycles. The number of rotatable bonds is 4. The van der Waals surface area contributed by atoms with Crippen LogP contribution in [-0.2, 0) is 29.0 Å². The van der Waals surface area contributed by atoms with Crippen molar-refractivity contribution in [3.05, 3.63) is 62.0 Å². The summed E-state index contributed by atoms with van der Waals surface area (Å²) in [5.74, 6) is 0.106. The maximum atomic E-state index is 13.3. The minimum Gasteiger partial charge on any atom is -0.459 e. The van der Waals surface area contributed by atoms with Crippen molar-refractivity contribution < 1.29 is 9.53 Å². The van der Waals surface area contributed by atoms with E-state index in [4.69, 9.17) is 16.3 Å². The molecule has 31 heavy (non-hydrogen) atoms. The third-order valence-electron chi connectivity index (χ3n) is 6.31. The van der Waals surface area contributed by atoms with Gasteiger partial charge in [0.25, 0.3) is 5.56 Å². The maximum Gasteiger partial charge on any atom is 0.329 e. The smallest absolute Gasteiger partial charge is 0.329 e. The third-order valence-corrected chi connectivity index (χ3v) is 7.84. The fourth-order valence-corrected chi connectivity index (χ4v) is 5.64. The van der Waals surface area contributed by atoms with E-state index in [1.165, 1.54) is 15.8 Å². The summed E-state index contributed by atoms with van der Waals surface area (Å²) in [6.45, 7) is 8.55. The van der Waals surface area contributed by atoms with Gasteiger partial charge in [0, 0.05) is 15.5 Å². The topological polar surface area (TPSA) is 61.2 Å². The minimum atomic E-state index is -0.770. The van der Waals surface area contributed by atoms with Crippen molar-refractivity contribution in [2.45, 2.75) is 59.6 Å². The Morgan fingerprint density at radius 2 is 2.10 bits per heavy atom. The summed E-state index contributed by atoms with van der Waals surface area (Å²) >= 11 is 7.75. The molecular formula is C24H27ClN2O3S. The van der Waals surface area contributed by atoms with Crippen LogP contribution in [0.3, 0.4) is 0 Å². The van der Waals surface area contributed by atoms with Gasteiger partial charge in [-0.3, -0.25) is 9.36 Å². The highest BCUT2D eigenvalue weighted by atomic mass is 35.5. The second-order valence-electron chi connectivity index (χ2n) is 9.32. The first kappa shape index (κ1) is 22.0. The van der Waals surface area contributed by atoms with Gasteiger partial charge in [0.1, 0.15) is 17.5 Å². The first-order chi connectivity index (χ1) is 14.7. The molecule has 3 aromatic rings. The molecule has 0 N–H and O–H groups in total. The summed E-state index contributed by atoms with van der Waals surface area (Å²) in [7, 11) is 0. The Labute approximate surface area is 191 Å². The van der Waals surface area contributed by atoms with Crippen LogP contribution in [0.5, 0.6) is 0 Å². The van der Waals surface area contributed by atoms with Crippen molar-refractivity contribution in [1.29, 1.82) is 0 Å². The lowest BCUT2D eigenvalue weighted by Gasteiger charge is -2.33. The van der Waals surface area contributed by atoms with E-state index in [0.717, 1.165) is 35.2 Å². The zero-order chi connectivity index (χ0) is 22.3. The molecule has 2 aromatic heterocycles. The Morgan fingerprint density at radius 1 is 1.35 bits per heavy atom. The molecule has 4 rings (SSSR count). The van der Waals surface area contributed by atoms with Crippen molar-refractivity contribution in [2.24, 2.45) is 11.3 Å². The van der Waals surface area contributed by atoms with E-state index in [2.05, 4.69) is 25.8 Å². The van der Waals surface area contributed by atoms with Gasteiger partial charge >= 0.3 is 5.97 Å². The summed E-state index contributed by atoms with van der Waals surface area (Å²) in [5, 5.41) is 1.21. The lowest BCUT2D eigenvalue weighted by Crippen LogP contribution is -2.30. The molecule has 0 saturated heterocycles. The van der Waals surface area contributed by atoms with Crippen LogP contribution in [0.1, 0.15) is 56.2 Å². The van der Waals surface area contributed by atoms with Crippen molar-refractivity contribution >= 4 is 39.1 Å². The van der Waals surface area contributed by atoms with Crippen LogP contribution in [-0.4, -0.2) is 15.5 Å². The Bertz CT molecular complexity index is 1190. The Hall–Kier alpha value is -2.18. The van der Waals surface area contributed by atoms with E-state index in [1.54, 1.807) is 24.3 Å². The SMILES string of the molecule is CC(C(=O)OCc1ccccc1Cl)n1cnc2sc3c(c2c1=O)CCC(C(C)(C)C)C3. The predicted octanol–water partition coefficient (Wildman–Crippen LogP) is 5.57. The van der Waals surface area contributed by atoms with Gasteiger partial charge in [-0.05, 0) is 49.1 Å². The molecular weight excluding hydrogens is 432 g/mol. The number of aryl methyl sites for hydroxylation is 1. The molecule has 0 radical (unpaired) electrons. The molecule has 0 saturated carbocycles. The number of carbonyl (C=O) groups excluding carboxylic acids is 1. The largest absolute Gasteiger partial charge is 0.459 e. The first-order valence-corrected chi connectivity index (χ1v) is 11.8. The molecule has 0 amide bonds. The van der Waals surface area contributed by atoms with E-state index in [9.17, 15) is 9.59 Å². The number of benzene rings is 1. The molecule has 0 spiro atoms. The predicted molar refractivity (Wildman–Crippen MR) is 125 cm³/mol. The second-order valence-corrected chi connectivity index (χ2v) is 10.8. The summed E-state index contributed by atoms with van der Waals surface area (Å²) in [5.41, 5.74) is 1.91. The Balaban J connectivity index is 1.59. The van der Waals surface area contributed by atoms with Crippen molar-refractivity contribution in [3.8, 4) is 0 Å². The molecule has 7 heteroatoms. The summed E-state index contributed by atoms with van der Waals surface area (Å²) < 4.78 is 6.82. The molecule has 2 atom stereocenters. The summed E-state index contributed by atoms with van der Waals surface area (Å²) in [4.78, 5) is 32.5. The van der Waals surface area contributed by atoms with Crippen LogP contribution in [0.25, 0.3) is 10.2 Å². The van der Waals surface area contributed by atoms with E-state index in [-0.39, 0.29) is 17.6 Å². The summed E-state index contributed by atoms with van der Waals surface area (Å²) in [6, 6.07) is 6.45. The van der Waals surface area contributed by atoms with Crippen molar-refractivity contribution in [1.82, 2.24) is 9.55 Å². The van der Waals surface area contributed by atoms with Crippen LogP contribution in [0.4, 0.5) is 0 Å². The number of hydrogen-bond donors (Lipinski definition) is 0. The van der Waals surface area contributed by atoms with Crippen LogP contribution < -0.4 is 5.56 Å². The highest BCUT2D eigenvalue weighted by Crippen LogP contribution is 2.42. The van der Waals surface area contributed by atoms with Crippen LogP contribution in [0.15, 0.2) is 35.4 Å². The molecule has 0 fully saturated rings. The lowest BCUT2D eigenvalue weighted by atomic mass is 9.72. The quantitative estimate of drug-likeness (QED) is 0.479. The maximum absolute atomic E-state index is 13.3. The third kappa shape index (κ3) is 4.28. The molecule has 1 aliphatic rings. The number of esters is 1. The average Bonchev–Trinajstić information content (AvgIpc) is 3.10. The number of hydrogen-bond acceptors (Lipinski definition) is 5. The number of carbonyl (C=O) groups is 1. The minimum absolute atomic E-state index is 0.0648. The number of nitrogens with zero attached hydrogens (tertiary/aromatic N) is 2. The molecule has 2 unspecified atom stereocenters. The number of fused-ring (bicyclic) bond motifs is 3. The average molecular weight is 459 g/mol. The van der Waals surface area contributed by atoms with Gasteiger partial charge in [-0.15, -0.1) is 11.3 Å². The van der Waals surface area contributed by atoms with E-state index in [0.29, 0.717) is 16.3 Å². The lowest BCUT2D eigenvalue weighted by molar-refractivity contribution is -0.148. The second kappa shape index (κ2) is 8.40. The summed E-state index contributed by atoms with van der Waals surface area (Å²) in [6.07, 6.45) is 4.39. The van der Waals surface area contributed by atoms with E-state index < -0.39 is 12.0 Å². The van der Waals surface area contributed by atoms with Gasteiger partial charge in [0.15, 0.2) is 0 Å². The van der Waals surface area contributed by atoms with Crippen LogP contribution in [0.2, 0.25) is 5.02 Å². The van der Waals surface area contributed by atoms with Crippen LogP contribution >= 0.6 is 22.9 Å². The molecule has 0 bridgehead atoms. The van der Waals surface area contributed by atoms with Gasteiger partial charge in [-0.2, -0.15) is 0 Å². The highest BCUT2D eigenvalue weighted by Gasteiger charge is 2.32. The van der Waals surface area contributed by atoms with Gasteiger partial charge in [0.2, 0.25) is 0 Å². The van der Waals surface area contributed by atoms with E-state index in [1.807, 2.05) is 18.2 Å². The number of thiophene rings is 1. The standard InChI is InChI=1S/C24H27ClN2O3S/c1-14(23(29)30-12-15-7-5-6-8-18(15)25)27-13-26-21-20(22(27)28)17-10-9-16(24(2,3)4)11-19(17)31-21/h5-8,13-14,16H,9-12H2,1-4H3. The Morgan fingerprint density at radius 3 is 2.81 bits per heavy atom. The van der Waals surface area contributed by atoms with Gasteiger partial charge in [0.05, 0.1) is 11.7 Å². The molecule has 2 heterocycles. The molecule has 5 nitrogen and oxygen atoms in total. The van der Waals surface area contributed by atoms with Gasteiger partial charge < -0.3 is 4.74 Å². The van der Waals surface area contributed by atoms with Crippen molar-refractivity contribution in [2.75, 3.05) is 0 Å². The zero-order valence-corrected chi connectivity index (χ0v) is 19.8. The first-order valence-electron chi connectivity index (χ1n) is 10.6. The number of halogens is 1. The fourth-order valence-electron chi connectivity index (χ4n) is 4.19. The fraction of sp³-hybridized carbons (Fsp3) is 0.458. The van der Waals surface area contributed by atoms with Gasteiger partial charge in [-0.1, -0.05) is 50.6 Å². The monoisotopic (exact) mass is 458 g/mol. The van der Waals surface area contributed by atoms with Crippen molar-refractivity contribution in [3.63, 3.8) is 0 Å². The Kier molecular flexibility index (Phi) is 5.97. The van der Waals surface area contributed by atoms with Crippen LogP contribution in [0, 0.1) is 11.3 Å². The molecule has 164 valence electrons. The molecule has 0 aliphatic heterocycles. The number of ether oxygens (including phenoxy) is 1. The zero-order valence-electron chi connectivity index (χ0n) is 18.3. The highest BCUT2D eigenvalue weighted by molar-refractivity contribution is 7.18. The van der Waals surface area contributed by atoms with E-state index >= 15 is 0 Å². The normalized spacial score (nSPS) is 17.4. The number of aromatic nitrogens is 2. The molecule has 1 aliphatic carbocycles. The van der Waals surface area contributed by atoms with Gasteiger partial charge in [-0.25, -0.2) is 9.78 Å².